The molecule has 148 valence electrons. The van der Waals surface area contributed by atoms with Crippen LogP contribution in [-0.4, -0.2) is 53.1 Å². The number of piperazine rings is 1. The van der Waals surface area contributed by atoms with Gasteiger partial charge in [-0.3, -0.25) is 14.2 Å². The fourth-order valence-electron chi connectivity index (χ4n) is 3.72. The molecular weight excluding hydrogens is 364 g/mol. The lowest BCUT2D eigenvalue weighted by Crippen LogP contribution is -3.14. The first kappa shape index (κ1) is 19.1. The third-order valence-electron chi connectivity index (χ3n) is 5.39. The van der Waals surface area contributed by atoms with Crippen molar-refractivity contribution in [3.8, 4) is 0 Å². The van der Waals surface area contributed by atoms with Crippen molar-refractivity contribution in [2.75, 3.05) is 32.7 Å². The van der Waals surface area contributed by atoms with Gasteiger partial charge in [0.1, 0.15) is 6.54 Å². The first-order valence-electron chi connectivity index (χ1n) is 9.98. The molecule has 1 fully saturated rings. The summed E-state index contributed by atoms with van der Waals surface area (Å²) in [5.74, 6) is -0.0117. The van der Waals surface area contributed by atoms with E-state index >= 15 is 0 Å². The van der Waals surface area contributed by atoms with Gasteiger partial charge in [0, 0.05) is 0 Å². The van der Waals surface area contributed by atoms with E-state index in [1.165, 1.54) is 21.2 Å². The van der Waals surface area contributed by atoms with Crippen LogP contribution >= 0.6 is 0 Å². The Kier molecular flexibility index (Phi) is 5.81. The summed E-state index contributed by atoms with van der Waals surface area (Å²) in [7, 11) is 0. The Balaban J connectivity index is 1.33. The summed E-state index contributed by atoms with van der Waals surface area (Å²) in [6.45, 7) is 4.26. The maximum Gasteiger partial charge on any atom is 0.269 e. The van der Waals surface area contributed by atoms with Crippen molar-refractivity contribution in [1.29, 1.82) is 0 Å². The second kappa shape index (κ2) is 8.84. The third kappa shape index (κ3) is 4.60. The van der Waals surface area contributed by atoms with E-state index in [4.69, 9.17) is 0 Å². The Morgan fingerprint density at radius 1 is 1.03 bits per heavy atom. The number of nitrogens with zero attached hydrogens (tertiary/aromatic N) is 3. The number of quaternary nitrogens is 1. The fraction of sp³-hybridized carbons (Fsp3) is 0.261. The molecular formula is C23H25N4O2+. The molecule has 0 atom stereocenters. The molecule has 1 N–H and O–H groups in total. The number of aromatic nitrogens is 2. The summed E-state index contributed by atoms with van der Waals surface area (Å²) in [5, 5.41) is 0. The van der Waals surface area contributed by atoms with Gasteiger partial charge in [0.15, 0.2) is 0 Å². The SMILES string of the molecule is O=C(Cn1c(=O)cnc2ccccc21)N1CC[NH+](C/C=C/c2ccccc2)CC1. The zero-order valence-electron chi connectivity index (χ0n) is 16.3. The van der Waals surface area contributed by atoms with Crippen molar-refractivity contribution in [1.82, 2.24) is 14.5 Å². The minimum absolute atomic E-state index is 0.0117. The summed E-state index contributed by atoms with van der Waals surface area (Å²) in [6, 6.07) is 17.7. The van der Waals surface area contributed by atoms with Gasteiger partial charge < -0.3 is 9.80 Å². The van der Waals surface area contributed by atoms with Crippen molar-refractivity contribution < 1.29 is 9.69 Å². The average Bonchev–Trinajstić information content (AvgIpc) is 2.77. The van der Waals surface area contributed by atoms with E-state index in [2.05, 4.69) is 29.3 Å². The van der Waals surface area contributed by atoms with Gasteiger partial charge >= 0.3 is 0 Å². The molecule has 0 radical (unpaired) electrons. The van der Waals surface area contributed by atoms with Gasteiger partial charge in [0.2, 0.25) is 5.91 Å². The minimum Gasteiger partial charge on any atom is -0.330 e. The highest BCUT2D eigenvalue weighted by molar-refractivity contribution is 5.80. The lowest BCUT2D eigenvalue weighted by molar-refractivity contribution is -0.898. The number of para-hydroxylation sites is 2. The van der Waals surface area contributed by atoms with Crippen LogP contribution in [0.3, 0.4) is 0 Å². The van der Waals surface area contributed by atoms with Crippen molar-refractivity contribution >= 4 is 23.0 Å². The number of amides is 1. The summed E-state index contributed by atoms with van der Waals surface area (Å²) < 4.78 is 1.52. The van der Waals surface area contributed by atoms with Gasteiger partial charge in [-0.05, 0) is 23.8 Å². The predicted molar refractivity (Wildman–Crippen MR) is 114 cm³/mol. The van der Waals surface area contributed by atoms with E-state index < -0.39 is 0 Å². The van der Waals surface area contributed by atoms with E-state index in [0.29, 0.717) is 18.6 Å². The zero-order chi connectivity index (χ0) is 20.1. The van der Waals surface area contributed by atoms with Gasteiger partial charge in [0.05, 0.1) is 50.0 Å². The Hall–Kier alpha value is -3.25. The van der Waals surface area contributed by atoms with Crippen LogP contribution in [0.5, 0.6) is 0 Å². The molecule has 6 heteroatoms. The second-order valence-corrected chi connectivity index (χ2v) is 7.32. The van der Waals surface area contributed by atoms with Gasteiger partial charge in [-0.15, -0.1) is 0 Å². The van der Waals surface area contributed by atoms with Crippen molar-refractivity contribution in [2.45, 2.75) is 6.54 Å². The number of benzene rings is 2. The molecule has 0 bridgehead atoms. The molecule has 0 unspecified atom stereocenters. The van der Waals surface area contributed by atoms with Crippen LogP contribution in [0.2, 0.25) is 0 Å². The highest BCUT2D eigenvalue weighted by Gasteiger charge is 2.23. The van der Waals surface area contributed by atoms with Crippen LogP contribution in [0.25, 0.3) is 17.1 Å². The van der Waals surface area contributed by atoms with Gasteiger partial charge in [-0.2, -0.15) is 0 Å². The number of rotatable bonds is 5. The number of nitrogens with one attached hydrogen (secondary N) is 1. The van der Waals surface area contributed by atoms with Crippen LogP contribution in [0.1, 0.15) is 5.56 Å². The van der Waals surface area contributed by atoms with Crippen LogP contribution in [0.4, 0.5) is 0 Å². The highest BCUT2D eigenvalue weighted by atomic mass is 16.2. The molecule has 0 spiro atoms. The molecule has 3 aromatic rings. The number of fused-ring (bicyclic) bond motifs is 1. The van der Waals surface area contributed by atoms with Crippen molar-refractivity contribution in [3.63, 3.8) is 0 Å². The largest absolute Gasteiger partial charge is 0.330 e. The lowest BCUT2D eigenvalue weighted by Gasteiger charge is -2.32. The van der Waals surface area contributed by atoms with Crippen LogP contribution < -0.4 is 10.5 Å². The van der Waals surface area contributed by atoms with Crippen LogP contribution in [-0.2, 0) is 11.3 Å². The van der Waals surface area contributed by atoms with Crippen LogP contribution in [0, 0.1) is 0 Å². The Bertz CT molecular complexity index is 1070. The minimum atomic E-state index is -0.243. The van der Waals surface area contributed by atoms with E-state index in [1.54, 1.807) is 0 Å². The molecule has 1 amide bonds. The molecule has 4 rings (SSSR count). The highest BCUT2D eigenvalue weighted by Crippen LogP contribution is 2.08. The predicted octanol–water partition coefficient (Wildman–Crippen LogP) is 0.837. The first-order valence-corrected chi connectivity index (χ1v) is 9.98. The fourth-order valence-corrected chi connectivity index (χ4v) is 3.72. The first-order chi connectivity index (χ1) is 14.2. The molecule has 2 aromatic carbocycles. The number of hydrogen-bond donors (Lipinski definition) is 1. The van der Waals surface area contributed by atoms with Crippen molar-refractivity contribution in [3.05, 3.63) is 82.8 Å². The molecule has 29 heavy (non-hydrogen) atoms. The molecule has 0 saturated carbocycles. The topological polar surface area (TPSA) is 59.6 Å². The van der Waals surface area contributed by atoms with E-state index in [0.717, 1.165) is 25.2 Å². The number of carbonyl (C=O) groups is 1. The smallest absolute Gasteiger partial charge is 0.269 e. The van der Waals surface area contributed by atoms with E-state index in [1.807, 2.05) is 47.4 Å². The molecule has 0 aliphatic carbocycles. The Morgan fingerprint density at radius 2 is 1.76 bits per heavy atom. The quantitative estimate of drug-likeness (QED) is 0.704. The van der Waals surface area contributed by atoms with Crippen molar-refractivity contribution in [2.24, 2.45) is 0 Å². The molecule has 1 aromatic heterocycles. The third-order valence-corrected chi connectivity index (χ3v) is 5.39. The Labute approximate surface area is 169 Å². The van der Waals surface area contributed by atoms with Gasteiger partial charge in [-0.25, -0.2) is 4.98 Å². The molecule has 1 saturated heterocycles. The summed E-state index contributed by atoms with van der Waals surface area (Å²) in [5.41, 5.74) is 2.38. The summed E-state index contributed by atoms with van der Waals surface area (Å²) in [6.07, 6.45) is 5.63. The lowest BCUT2D eigenvalue weighted by atomic mass is 10.2. The monoisotopic (exact) mass is 389 g/mol. The molecule has 1 aliphatic rings. The average molecular weight is 389 g/mol. The second-order valence-electron chi connectivity index (χ2n) is 7.32. The van der Waals surface area contributed by atoms with E-state index in [-0.39, 0.29) is 18.0 Å². The maximum absolute atomic E-state index is 12.8. The van der Waals surface area contributed by atoms with E-state index in [9.17, 15) is 9.59 Å². The number of hydrogen-bond acceptors (Lipinski definition) is 3. The van der Waals surface area contributed by atoms with Crippen LogP contribution in [0.15, 0.2) is 71.7 Å². The summed E-state index contributed by atoms with van der Waals surface area (Å²) in [4.78, 5) is 32.5. The standard InChI is InChI=1S/C23H24N4O2/c28-22-17-24-20-10-4-5-11-21(20)27(22)18-23(29)26-15-13-25(14-16-26)12-6-9-19-7-2-1-3-8-19/h1-11,17H,12-16,18H2/p+1/b9-6+. The van der Waals surface area contributed by atoms with Gasteiger partial charge in [-0.1, -0.05) is 48.5 Å². The summed E-state index contributed by atoms with van der Waals surface area (Å²) >= 11 is 0. The maximum atomic E-state index is 12.8. The molecule has 1 aliphatic heterocycles. The number of carbonyl (C=O) groups excluding carboxylic acids is 1. The molecule has 6 nitrogen and oxygen atoms in total. The zero-order valence-corrected chi connectivity index (χ0v) is 16.3. The van der Waals surface area contributed by atoms with Gasteiger partial charge in [0.25, 0.3) is 5.56 Å². The Morgan fingerprint density at radius 3 is 2.55 bits per heavy atom. The molecule has 2 heterocycles. The normalized spacial score (nSPS) is 15.2.